The van der Waals surface area contributed by atoms with Gasteiger partial charge in [-0.1, -0.05) is 0 Å². The molecule has 0 amide bonds. The number of ketones is 1. The summed E-state index contributed by atoms with van der Waals surface area (Å²) in [7, 11) is 0. The lowest BCUT2D eigenvalue weighted by molar-refractivity contribution is -0.151. The summed E-state index contributed by atoms with van der Waals surface area (Å²) in [5.41, 5.74) is -1.11. The molecule has 0 bridgehead atoms. The molecule has 0 unspecified atom stereocenters. The van der Waals surface area contributed by atoms with Crippen molar-refractivity contribution in [3.05, 3.63) is 11.3 Å². The molecule has 7 heteroatoms. The van der Waals surface area contributed by atoms with Gasteiger partial charge in [-0.25, -0.2) is 0 Å². The van der Waals surface area contributed by atoms with Gasteiger partial charge in [0.05, 0.1) is 11.3 Å². The summed E-state index contributed by atoms with van der Waals surface area (Å²) in [5.74, 6) is -0.267. The van der Waals surface area contributed by atoms with Crippen LogP contribution in [0.2, 0.25) is 0 Å². The zero-order valence-electron chi connectivity index (χ0n) is 9.31. The first kappa shape index (κ1) is 12.3. The van der Waals surface area contributed by atoms with E-state index >= 15 is 0 Å². The van der Waals surface area contributed by atoms with Crippen LogP contribution in [0.3, 0.4) is 0 Å². The number of carbonyl (C=O) groups excluding carboxylic acids is 1. The number of Topliss-reactive ketones (excluding diaryl/α,β-unsaturated/α-hetero) is 1. The highest BCUT2D eigenvalue weighted by molar-refractivity contribution is 7.10. The van der Waals surface area contributed by atoms with Crippen LogP contribution in [-0.2, 0) is 0 Å². The van der Waals surface area contributed by atoms with Crippen molar-refractivity contribution in [1.82, 2.24) is 4.37 Å². The summed E-state index contributed by atoms with van der Waals surface area (Å²) < 4.78 is 42.2. The van der Waals surface area contributed by atoms with Crippen molar-refractivity contribution in [3.63, 3.8) is 0 Å². The van der Waals surface area contributed by atoms with Crippen LogP contribution in [0.1, 0.15) is 35.8 Å². The molecule has 0 aromatic carbocycles. The summed E-state index contributed by atoms with van der Waals surface area (Å²) in [6.45, 7) is 2.95. The van der Waals surface area contributed by atoms with Gasteiger partial charge in [0, 0.05) is 0 Å². The number of alkyl halides is 3. The molecule has 1 aromatic heterocycles. The van der Waals surface area contributed by atoms with Crippen molar-refractivity contribution in [2.45, 2.75) is 38.4 Å². The van der Waals surface area contributed by atoms with Crippen LogP contribution in [0.5, 0.6) is 0 Å². The molecule has 17 heavy (non-hydrogen) atoms. The molecule has 1 aliphatic carbocycles. The normalized spacial score (nSPS) is 17.9. The Hall–Kier alpha value is -1.11. The number of hydrogen-bond donors (Lipinski definition) is 1. The maximum absolute atomic E-state index is 12.8. The lowest BCUT2D eigenvalue weighted by Gasteiger charge is -2.21. The number of nitrogens with one attached hydrogen (secondary N) is 1. The molecule has 0 atom stereocenters. The van der Waals surface area contributed by atoms with Gasteiger partial charge in [-0.2, -0.15) is 17.5 Å². The minimum Gasteiger partial charge on any atom is -0.361 e. The van der Waals surface area contributed by atoms with E-state index in [0.29, 0.717) is 5.69 Å². The maximum atomic E-state index is 12.8. The van der Waals surface area contributed by atoms with E-state index in [1.807, 2.05) is 0 Å². The summed E-state index contributed by atoms with van der Waals surface area (Å²) in [5, 5.41) is 2.68. The number of rotatable bonds is 3. The van der Waals surface area contributed by atoms with E-state index in [1.165, 1.54) is 6.92 Å². The molecule has 1 N–H and O–H groups in total. The smallest absolute Gasteiger partial charge is 0.361 e. The third-order valence-electron chi connectivity index (χ3n) is 2.86. The Kier molecular flexibility index (Phi) is 2.68. The molecule has 1 saturated carbocycles. The molecule has 1 heterocycles. The second-order valence-corrected chi connectivity index (χ2v) is 5.01. The van der Waals surface area contributed by atoms with Gasteiger partial charge in [-0.05, 0) is 38.2 Å². The zero-order valence-corrected chi connectivity index (χ0v) is 10.1. The number of carbonyl (C=O) groups is 1. The van der Waals surface area contributed by atoms with E-state index in [4.69, 9.17) is 0 Å². The van der Waals surface area contributed by atoms with E-state index in [-0.39, 0.29) is 29.2 Å². The van der Waals surface area contributed by atoms with Crippen LogP contribution in [0.4, 0.5) is 18.2 Å². The van der Waals surface area contributed by atoms with Crippen molar-refractivity contribution in [2.75, 3.05) is 5.32 Å². The molecule has 1 aromatic rings. The van der Waals surface area contributed by atoms with Crippen molar-refractivity contribution in [3.8, 4) is 0 Å². The monoisotopic (exact) mass is 264 g/mol. The number of nitrogens with zero attached hydrogens (tertiary/aromatic N) is 1. The van der Waals surface area contributed by atoms with Crippen molar-refractivity contribution < 1.29 is 18.0 Å². The van der Waals surface area contributed by atoms with Gasteiger partial charge < -0.3 is 5.32 Å². The van der Waals surface area contributed by atoms with Gasteiger partial charge in [0.15, 0.2) is 5.78 Å². The molecule has 1 aliphatic rings. The molecule has 0 radical (unpaired) electrons. The Morgan fingerprint density at radius 3 is 2.47 bits per heavy atom. The van der Waals surface area contributed by atoms with Crippen LogP contribution in [0, 0.1) is 6.92 Å². The van der Waals surface area contributed by atoms with Gasteiger partial charge >= 0.3 is 6.18 Å². The SMILES string of the molecule is CC(=O)c1c(C)nsc1NC1(C(F)(F)F)CC1. The number of anilines is 1. The number of hydrogen-bond acceptors (Lipinski definition) is 4. The summed E-state index contributed by atoms with van der Waals surface area (Å²) >= 11 is 0.906. The molecule has 0 aliphatic heterocycles. The van der Waals surface area contributed by atoms with E-state index in [0.717, 1.165) is 11.5 Å². The number of halogens is 3. The van der Waals surface area contributed by atoms with Crippen LogP contribution >= 0.6 is 11.5 Å². The molecule has 94 valence electrons. The quantitative estimate of drug-likeness (QED) is 0.853. The summed E-state index contributed by atoms with van der Waals surface area (Å²) in [4.78, 5) is 11.3. The maximum Gasteiger partial charge on any atom is 0.411 e. The molecule has 1 fully saturated rings. The van der Waals surface area contributed by atoms with Crippen LogP contribution in [-0.4, -0.2) is 21.9 Å². The highest BCUT2D eigenvalue weighted by Crippen LogP contribution is 2.52. The van der Waals surface area contributed by atoms with Crippen LogP contribution in [0.25, 0.3) is 0 Å². The first-order valence-electron chi connectivity index (χ1n) is 5.09. The Balaban J connectivity index is 2.29. The lowest BCUT2D eigenvalue weighted by atomic mass is 10.1. The Morgan fingerprint density at radius 1 is 1.47 bits per heavy atom. The molecule has 0 saturated heterocycles. The molecular formula is C10H11F3N2OS. The molecule has 0 spiro atoms. The average Bonchev–Trinajstić information content (AvgIpc) is 2.85. The fraction of sp³-hybridized carbons (Fsp3) is 0.600. The predicted molar refractivity (Wildman–Crippen MR) is 58.5 cm³/mol. The molecule has 2 rings (SSSR count). The van der Waals surface area contributed by atoms with Gasteiger partial charge in [0.1, 0.15) is 10.5 Å². The molecular weight excluding hydrogens is 253 g/mol. The van der Waals surface area contributed by atoms with Crippen molar-refractivity contribution >= 4 is 22.3 Å². The van der Waals surface area contributed by atoms with Crippen molar-refractivity contribution in [1.29, 1.82) is 0 Å². The highest BCUT2D eigenvalue weighted by Gasteiger charge is 2.64. The Morgan fingerprint density at radius 2 is 2.06 bits per heavy atom. The fourth-order valence-corrected chi connectivity index (χ4v) is 2.63. The van der Waals surface area contributed by atoms with Crippen LogP contribution < -0.4 is 5.32 Å². The fourth-order valence-electron chi connectivity index (χ4n) is 1.69. The predicted octanol–water partition coefficient (Wildman–Crippen LogP) is 3.16. The summed E-state index contributed by atoms with van der Waals surface area (Å²) in [6.07, 6.45) is -4.20. The van der Waals surface area contributed by atoms with Gasteiger partial charge in [-0.3, -0.25) is 4.79 Å². The highest BCUT2D eigenvalue weighted by atomic mass is 32.1. The number of aromatic nitrogens is 1. The minimum atomic E-state index is -4.29. The second-order valence-electron chi connectivity index (χ2n) is 4.23. The second kappa shape index (κ2) is 3.69. The standard InChI is InChI=1S/C10H11F3N2OS/c1-5-7(6(2)16)8(17-15-5)14-9(3-4-9)10(11,12)13/h14H,3-4H2,1-2H3. The van der Waals surface area contributed by atoms with E-state index < -0.39 is 11.7 Å². The summed E-state index contributed by atoms with van der Waals surface area (Å²) in [6, 6.07) is 0. The van der Waals surface area contributed by atoms with E-state index in [1.54, 1.807) is 6.92 Å². The first-order chi connectivity index (χ1) is 7.77. The minimum absolute atomic E-state index is 0.0464. The van der Waals surface area contributed by atoms with E-state index in [2.05, 4.69) is 9.69 Å². The first-order valence-corrected chi connectivity index (χ1v) is 5.86. The third kappa shape index (κ3) is 2.03. The largest absolute Gasteiger partial charge is 0.411 e. The van der Waals surface area contributed by atoms with Gasteiger partial charge in [0.2, 0.25) is 0 Å². The lowest BCUT2D eigenvalue weighted by Crippen LogP contribution is -2.38. The molecule has 3 nitrogen and oxygen atoms in total. The zero-order chi connectivity index (χ0) is 12.8. The Bertz CT molecular complexity index is 463. The van der Waals surface area contributed by atoms with E-state index in [9.17, 15) is 18.0 Å². The van der Waals surface area contributed by atoms with Gasteiger partial charge in [0.25, 0.3) is 0 Å². The average molecular weight is 264 g/mol. The Labute approximate surface area is 100 Å². The van der Waals surface area contributed by atoms with Gasteiger partial charge in [-0.15, -0.1) is 0 Å². The third-order valence-corrected chi connectivity index (χ3v) is 3.71. The van der Waals surface area contributed by atoms with Crippen LogP contribution in [0.15, 0.2) is 0 Å². The number of aryl methyl sites for hydroxylation is 1. The van der Waals surface area contributed by atoms with Crippen molar-refractivity contribution in [2.24, 2.45) is 0 Å². The topological polar surface area (TPSA) is 42.0 Å².